The van der Waals surface area contributed by atoms with E-state index in [0.29, 0.717) is 15.1 Å². The van der Waals surface area contributed by atoms with E-state index in [1.165, 1.54) is 11.8 Å². The minimum atomic E-state index is -0.242. The molecule has 1 aromatic rings. The monoisotopic (exact) mass is 272 g/mol. The van der Waals surface area contributed by atoms with Crippen molar-refractivity contribution in [1.29, 1.82) is 0 Å². The van der Waals surface area contributed by atoms with Crippen molar-refractivity contribution in [2.45, 2.75) is 6.04 Å². The van der Waals surface area contributed by atoms with Crippen LogP contribution in [-0.2, 0) is 4.79 Å². The quantitative estimate of drug-likeness (QED) is 0.811. The minimum absolute atomic E-state index is 0.0744. The molecule has 2 N–H and O–H groups in total. The molecule has 0 aliphatic carbocycles. The van der Waals surface area contributed by atoms with E-state index in [1.54, 1.807) is 24.3 Å². The van der Waals surface area contributed by atoms with E-state index in [2.05, 4.69) is 10.6 Å². The smallest absolute Gasteiger partial charge is 0.247 e. The van der Waals surface area contributed by atoms with Gasteiger partial charge in [0.25, 0.3) is 0 Å². The lowest BCUT2D eigenvalue weighted by molar-refractivity contribution is -0.117. The number of halogens is 1. The van der Waals surface area contributed by atoms with Crippen LogP contribution in [-0.4, -0.2) is 22.0 Å². The Labute approximate surface area is 108 Å². The highest BCUT2D eigenvalue weighted by atomic mass is 35.5. The number of thiocarbonyl (C=S) groups is 1. The average Bonchev–Trinajstić information content (AvgIpc) is 2.68. The summed E-state index contributed by atoms with van der Waals surface area (Å²) in [6, 6.07) is 6.76. The Kier molecular flexibility index (Phi) is 3.68. The number of amides is 1. The van der Waals surface area contributed by atoms with Gasteiger partial charge in [-0.15, -0.1) is 0 Å². The van der Waals surface area contributed by atoms with Crippen LogP contribution in [0.1, 0.15) is 0 Å². The topological polar surface area (TPSA) is 41.1 Å². The van der Waals surface area contributed by atoms with Crippen LogP contribution in [0, 0.1) is 0 Å². The second kappa shape index (κ2) is 5.03. The summed E-state index contributed by atoms with van der Waals surface area (Å²) in [4.78, 5) is 11.8. The van der Waals surface area contributed by atoms with E-state index in [9.17, 15) is 4.79 Å². The first-order valence-corrected chi connectivity index (χ1v) is 6.42. The van der Waals surface area contributed by atoms with Gasteiger partial charge in [0.15, 0.2) is 0 Å². The van der Waals surface area contributed by atoms with Crippen LogP contribution < -0.4 is 10.6 Å². The molecule has 0 bridgehead atoms. The molecule has 0 saturated carbocycles. The molecule has 1 saturated heterocycles. The van der Waals surface area contributed by atoms with E-state index < -0.39 is 0 Å². The SMILES string of the molecule is O=C(Nc1ccc(Cl)cc1)[C@@H]1CSC(=S)N1. The van der Waals surface area contributed by atoms with Gasteiger partial charge in [-0.1, -0.05) is 35.6 Å². The number of rotatable bonds is 2. The van der Waals surface area contributed by atoms with Crippen LogP contribution in [0.3, 0.4) is 0 Å². The van der Waals surface area contributed by atoms with Gasteiger partial charge in [-0.25, -0.2) is 0 Å². The van der Waals surface area contributed by atoms with Gasteiger partial charge in [0.1, 0.15) is 10.4 Å². The summed E-state index contributed by atoms with van der Waals surface area (Å²) in [5, 5.41) is 6.39. The summed E-state index contributed by atoms with van der Waals surface area (Å²) < 4.78 is 0.677. The van der Waals surface area contributed by atoms with Gasteiger partial charge in [-0.2, -0.15) is 0 Å². The molecule has 84 valence electrons. The second-order valence-corrected chi connectivity index (χ2v) is 5.42. The highest BCUT2D eigenvalue weighted by Gasteiger charge is 2.25. The maximum absolute atomic E-state index is 11.8. The van der Waals surface area contributed by atoms with Gasteiger partial charge < -0.3 is 10.6 Å². The van der Waals surface area contributed by atoms with Crippen LogP contribution in [0.4, 0.5) is 5.69 Å². The predicted octanol–water partition coefficient (Wildman–Crippen LogP) is 2.27. The van der Waals surface area contributed by atoms with Crippen LogP contribution in [0.5, 0.6) is 0 Å². The van der Waals surface area contributed by atoms with E-state index in [0.717, 1.165) is 5.69 Å². The number of nitrogens with one attached hydrogen (secondary N) is 2. The van der Waals surface area contributed by atoms with Crippen LogP contribution in [0.2, 0.25) is 5.02 Å². The fourth-order valence-corrected chi connectivity index (χ4v) is 2.54. The molecule has 1 aromatic carbocycles. The molecular formula is C10H9ClN2OS2. The van der Waals surface area contributed by atoms with Crippen molar-refractivity contribution in [2.24, 2.45) is 0 Å². The van der Waals surface area contributed by atoms with Crippen molar-refractivity contribution in [3.63, 3.8) is 0 Å². The first-order valence-electron chi connectivity index (χ1n) is 4.65. The summed E-state index contributed by atoms with van der Waals surface area (Å²) in [6.07, 6.45) is 0. The van der Waals surface area contributed by atoms with E-state index in [1.807, 2.05) is 0 Å². The molecule has 6 heteroatoms. The average molecular weight is 273 g/mol. The summed E-state index contributed by atoms with van der Waals surface area (Å²) in [5.74, 6) is 0.604. The number of hydrogen-bond acceptors (Lipinski definition) is 3. The molecule has 1 aliphatic rings. The molecule has 2 rings (SSSR count). The van der Waals surface area contributed by atoms with Gasteiger partial charge in [-0.3, -0.25) is 4.79 Å². The molecule has 0 spiro atoms. The Morgan fingerprint density at radius 2 is 2.19 bits per heavy atom. The molecule has 1 amide bonds. The lowest BCUT2D eigenvalue weighted by atomic mass is 10.3. The zero-order chi connectivity index (χ0) is 11.5. The van der Waals surface area contributed by atoms with Crippen molar-refractivity contribution in [2.75, 3.05) is 11.1 Å². The van der Waals surface area contributed by atoms with Crippen LogP contribution >= 0.6 is 35.6 Å². The summed E-state index contributed by atoms with van der Waals surface area (Å²) in [6.45, 7) is 0. The highest BCUT2D eigenvalue weighted by Crippen LogP contribution is 2.17. The number of carbonyl (C=O) groups excluding carboxylic acids is 1. The molecule has 0 aromatic heterocycles. The van der Waals surface area contributed by atoms with E-state index >= 15 is 0 Å². The Morgan fingerprint density at radius 3 is 2.75 bits per heavy atom. The number of thioether (sulfide) groups is 1. The molecule has 1 atom stereocenters. The summed E-state index contributed by atoms with van der Waals surface area (Å²) in [7, 11) is 0. The van der Waals surface area contributed by atoms with Gasteiger partial charge in [0.2, 0.25) is 5.91 Å². The number of hydrogen-bond donors (Lipinski definition) is 2. The van der Waals surface area contributed by atoms with Crippen molar-refractivity contribution < 1.29 is 4.79 Å². The Balaban J connectivity index is 1.97. The fourth-order valence-electron chi connectivity index (χ4n) is 1.29. The maximum atomic E-state index is 11.8. The molecule has 0 unspecified atom stereocenters. The normalized spacial score (nSPS) is 19.3. The van der Waals surface area contributed by atoms with Gasteiger partial charge in [-0.05, 0) is 24.3 Å². The summed E-state index contributed by atoms with van der Waals surface area (Å²) >= 11 is 12.2. The maximum Gasteiger partial charge on any atom is 0.247 e. The molecule has 16 heavy (non-hydrogen) atoms. The second-order valence-electron chi connectivity index (χ2n) is 3.29. The third kappa shape index (κ3) is 2.87. The molecule has 1 fully saturated rings. The number of anilines is 1. The first kappa shape index (κ1) is 11.7. The van der Waals surface area contributed by atoms with Gasteiger partial charge >= 0.3 is 0 Å². The molecule has 0 radical (unpaired) electrons. The zero-order valence-electron chi connectivity index (χ0n) is 8.20. The van der Waals surface area contributed by atoms with Crippen molar-refractivity contribution >= 4 is 51.5 Å². The fraction of sp³-hybridized carbons (Fsp3) is 0.200. The van der Waals surface area contributed by atoms with E-state index in [4.69, 9.17) is 23.8 Å². The van der Waals surface area contributed by atoms with Gasteiger partial charge in [0.05, 0.1) is 0 Å². The van der Waals surface area contributed by atoms with E-state index in [-0.39, 0.29) is 11.9 Å². The molecule has 1 aliphatic heterocycles. The summed E-state index contributed by atoms with van der Waals surface area (Å²) in [5.41, 5.74) is 0.735. The van der Waals surface area contributed by atoms with Crippen molar-refractivity contribution in [3.05, 3.63) is 29.3 Å². The first-order chi connectivity index (χ1) is 7.65. The van der Waals surface area contributed by atoms with Crippen molar-refractivity contribution in [1.82, 2.24) is 5.32 Å². The zero-order valence-corrected chi connectivity index (χ0v) is 10.6. The molecular weight excluding hydrogens is 264 g/mol. The largest absolute Gasteiger partial charge is 0.359 e. The predicted molar refractivity (Wildman–Crippen MR) is 72.1 cm³/mol. The van der Waals surface area contributed by atoms with Gasteiger partial charge in [0, 0.05) is 16.5 Å². The number of carbonyl (C=O) groups is 1. The minimum Gasteiger partial charge on any atom is -0.359 e. The Morgan fingerprint density at radius 1 is 1.50 bits per heavy atom. The number of benzene rings is 1. The third-order valence-electron chi connectivity index (χ3n) is 2.10. The Bertz CT molecular complexity index is 421. The highest BCUT2D eigenvalue weighted by molar-refractivity contribution is 8.23. The molecule has 3 nitrogen and oxygen atoms in total. The third-order valence-corrected chi connectivity index (χ3v) is 3.70. The van der Waals surface area contributed by atoms with Crippen LogP contribution in [0.15, 0.2) is 24.3 Å². The standard InChI is InChI=1S/C10H9ClN2OS2/c11-6-1-3-7(4-2-6)12-9(14)8-5-16-10(15)13-8/h1-4,8H,5H2,(H,12,14)(H,13,15)/t8-/m0/s1. The lowest BCUT2D eigenvalue weighted by Gasteiger charge is -2.10. The lowest BCUT2D eigenvalue weighted by Crippen LogP contribution is -2.38. The van der Waals surface area contributed by atoms with Crippen molar-refractivity contribution in [3.8, 4) is 0 Å². The Hall–Kier alpha value is -0.780. The molecule has 1 heterocycles. The van der Waals surface area contributed by atoms with Crippen LogP contribution in [0.25, 0.3) is 0 Å².